The Bertz CT molecular complexity index is 596. The van der Waals surface area contributed by atoms with Gasteiger partial charge in [0.1, 0.15) is 0 Å². The fraction of sp³-hybridized carbons (Fsp3) is 0.684. The Morgan fingerprint density at radius 2 is 1.64 bits per heavy atom. The van der Waals surface area contributed by atoms with Crippen LogP contribution in [0.5, 0.6) is 0 Å². The van der Waals surface area contributed by atoms with Crippen molar-refractivity contribution in [1.29, 1.82) is 0 Å². The number of piperidine rings is 1. The van der Waals surface area contributed by atoms with Crippen LogP contribution in [-0.2, 0) is 10.0 Å². The lowest BCUT2D eigenvalue weighted by Gasteiger charge is -2.32. The zero-order chi connectivity index (χ0) is 18.3. The number of nitrogens with zero attached hydrogens (tertiary/aromatic N) is 3. The Labute approximate surface area is 153 Å². The number of sulfonamides is 1. The van der Waals surface area contributed by atoms with Crippen LogP contribution in [0.1, 0.15) is 30.7 Å². The summed E-state index contributed by atoms with van der Waals surface area (Å²) in [7, 11) is 2.98. The summed E-state index contributed by atoms with van der Waals surface area (Å²) < 4.78 is 26.9. The molecule has 2 rings (SSSR count). The van der Waals surface area contributed by atoms with Crippen molar-refractivity contribution in [3.8, 4) is 0 Å². The summed E-state index contributed by atoms with van der Waals surface area (Å²) in [5.74, 6) is 0.711. The molecule has 0 atom stereocenters. The lowest BCUT2D eigenvalue weighted by atomic mass is 9.90. The van der Waals surface area contributed by atoms with E-state index in [9.17, 15) is 8.42 Å². The second kappa shape index (κ2) is 9.67. The zero-order valence-electron chi connectivity index (χ0n) is 15.9. The highest BCUT2D eigenvalue weighted by Gasteiger charge is 2.28. The van der Waals surface area contributed by atoms with Crippen molar-refractivity contribution < 1.29 is 8.42 Å². The molecule has 1 saturated heterocycles. The van der Waals surface area contributed by atoms with Crippen LogP contribution in [0.3, 0.4) is 0 Å². The summed E-state index contributed by atoms with van der Waals surface area (Å²) in [6, 6.07) is 10.4. The van der Waals surface area contributed by atoms with Crippen molar-refractivity contribution in [3.63, 3.8) is 0 Å². The summed E-state index contributed by atoms with van der Waals surface area (Å²) >= 11 is 0. The Morgan fingerprint density at radius 3 is 2.24 bits per heavy atom. The van der Waals surface area contributed by atoms with Crippen molar-refractivity contribution >= 4 is 10.0 Å². The molecule has 1 aliphatic rings. The minimum Gasteiger partial charge on any atom is -0.309 e. The first-order chi connectivity index (χ1) is 11.9. The summed E-state index contributed by atoms with van der Waals surface area (Å²) in [4.78, 5) is 4.28. The number of hydrogen-bond acceptors (Lipinski definition) is 4. The molecule has 0 bridgehead atoms. The van der Waals surface area contributed by atoms with E-state index >= 15 is 0 Å². The van der Waals surface area contributed by atoms with Gasteiger partial charge in [-0.3, -0.25) is 0 Å². The second-order valence-corrected chi connectivity index (χ2v) is 9.45. The normalized spacial score (nSPS) is 17.5. The monoisotopic (exact) mass is 367 g/mol. The van der Waals surface area contributed by atoms with Crippen LogP contribution in [0.15, 0.2) is 30.3 Å². The molecule has 0 N–H and O–H groups in total. The van der Waals surface area contributed by atoms with Crippen LogP contribution in [0, 0.1) is 0 Å². The molecule has 1 aromatic carbocycles. The zero-order valence-corrected chi connectivity index (χ0v) is 16.7. The molecule has 1 aliphatic heterocycles. The van der Waals surface area contributed by atoms with E-state index in [0.29, 0.717) is 25.6 Å². The maximum absolute atomic E-state index is 12.6. The third-order valence-corrected chi connectivity index (χ3v) is 6.84. The highest BCUT2D eigenvalue weighted by atomic mass is 32.2. The molecule has 1 fully saturated rings. The van der Waals surface area contributed by atoms with Crippen molar-refractivity contribution in [2.75, 3.05) is 59.6 Å². The molecule has 0 spiro atoms. The van der Waals surface area contributed by atoms with Gasteiger partial charge >= 0.3 is 0 Å². The van der Waals surface area contributed by atoms with Crippen molar-refractivity contribution in [2.45, 2.75) is 25.2 Å². The van der Waals surface area contributed by atoms with E-state index in [1.165, 1.54) is 5.56 Å². The third-order valence-electron chi connectivity index (χ3n) is 4.99. The highest BCUT2D eigenvalue weighted by molar-refractivity contribution is 7.89. The summed E-state index contributed by atoms with van der Waals surface area (Å²) in [6.07, 6.45) is 2.90. The van der Waals surface area contributed by atoms with E-state index in [4.69, 9.17) is 0 Å². The molecule has 25 heavy (non-hydrogen) atoms. The Morgan fingerprint density at radius 1 is 1.00 bits per heavy atom. The minimum absolute atomic E-state index is 0.224. The molecule has 0 radical (unpaired) electrons. The van der Waals surface area contributed by atoms with E-state index in [0.717, 1.165) is 32.4 Å². The Hall–Kier alpha value is -0.950. The van der Waals surface area contributed by atoms with Crippen LogP contribution < -0.4 is 0 Å². The molecule has 0 saturated carbocycles. The predicted molar refractivity (Wildman–Crippen MR) is 104 cm³/mol. The molecular weight excluding hydrogens is 334 g/mol. The maximum atomic E-state index is 12.6. The molecule has 0 aromatic heterocycles. The molecule has 6 heteroatoms. The molecule has 1 aromatic rings. The molecule has 142 valence electrons. The third kappa shape index (κ3) is 6.70. The van der Waals surface area contributed by atoms with Crippen LogP contribution in [0.25, 0.3) is 0 Å². The first-order valence-electron chi connectivity index (χ1n) is 9.24. The van der Waals surface area contributed by atoms with Gasteiger partial charge in [0.2, 0.25) is 10.0 Å². The maximum Gasteiger partial charge on any atom is 0.215 e. The first kappa shape index (κ1) is 20.4. The summed E-state index contributed by atoms with van der Waals surface area (Å²) in [5.41, 5.74) is 1.33. The second-order valence-electron chi connectivity index (χ2n) is 7.36. The number of rotatable bonds is 9. The van der Waals surface area contributed by atoms with Gasteiger partial charge in [-0.1, -0.05) is 30.3 Å². The standard InChI is InChI=1S/C19H33N3O2S/c1-20(2)12-7-13-21(3)16-17-25(23,24)22-14-10-19(11-15-22)18-8-5-4-6-9-18/h4-6,8-9,19H,7,10-17H2,1-3H3. The fourth-order valence-electron chi connectivity index (χ4n) is 3.36. The predicted octanol–water partition coefficient (Wildman–Crippen LogP) is 2.08. The van der Waals surface area contributed by atoms with Gasteiger partial charge in [0, 0.05) is 19.6 Å². The molecular formula is C19H33N3O2S. The fourth-order valence-corrected chi connectivity index (χ4v) is 4.93. The molecule has 0 unspecified atom stereocenters. The van der Waals surface area contributed by atoms with Gasteiger partial charge in [0.15, 0.2) is 0 Å². The van der Waals surface area contributed by atoms with E-state index in [1.54, 1.807) is 4.31 Å². The van der Waals surface area contributed by atoms with Gasteiger partial charge in [0.05, 0.1) is 5.75 Å². The molecule has 0 aliphatic carbocycles. The average molecular weight is 368 g/mol. The van der Waals surface area contributed by atoms with E-state index in [1.807, 2.05) is 13.1 Å². The molecule has 1 heterocycles. The van der Waals surface area contributed by atoms with Gasteiger partial charge in [0.25, 0.3) is 0 Å². The molecule has 0 amide bonds. The smallest absolute Gasteiger partial charge is 0.215 e. The van der Waals surface area contributed by atoms with Gasteiger partial charge < -0.3 is 9.80 Å². The van der Waals surface area contributed by atoms with Crippen molar-refractivity contribution in [1.82, 2.24) is 14.1 Å². The van der Waals surface area contributed by atoms with Crippen LogP contribution >= 0.6 is 0 Å². The highest BCUT2D eigenvalue weighted by Crippen LogP contribution is 2.28. The topological polar surface area (TPSA) is 43.9 Å². The quantitative estimate of drug-likeness (QED) is 0.670. The average Bonchev–Trinajstić information content (AvgIpc) is 2.61. The van der Waals surface area contributed by atoms with Crippen LogP contribution in [0.4, 0.5) is 0 Å². The van der Waals surface area contributed by atoms with Gasteiger partial charge in [-0.25, -0.2) is 12.7 Å². The van der Waals surface area contributed by atoms with E-state index in [2.05, 4.69) is 48.2 Å². The lowest BCUT2D eigenvalue weighted by molar-refractivity contribution is 0.301. The Kier molecular flexibility index (Phi) is 7.87. The van der Waals surface area contributed by atoms with Crippen LogP contribution in [-0.4, -0.2) is 82.1 Å². The summed E-state index contributed by atoms with van der Waals surface area (Å²) in [6.45, 7) is 3.86. The van der Waals surface area contributed by atoms with Crippen molar-refractivity contribution in [3.05, 3.63) is 35.9 Å². The van der Waals surface area contributed by atoms with Crippen LogP contribution in [0.2, 0.25) is 0 Å². The largest absolute Gasteiger partial charge is 0.309 e. The molecule has 5 nitrogen and oxygen atoms in total. The van der Waals surface area contributed by atoms with Gasteiger partial charge in [-0.05, 0) is 65.0 Å². The Balaban J connectivity index is 1.75. The lowest BCUT2D eigenvalue weighted by Crippen LogP contribution is -2.41. The first-order valence-corrected chi connectivity index (χ1v) is 10.9. The summed E-state index contributed by atoms with van der Waals surface area (Å²) in [5, 5.41) is 0. The van der Waals surface area contributed by atoms with Gasteiger partial charge in [-0.2, -0.15) is 0 Å². The van der Waals surface area contributed by atoms with Gasteiger partial charge in [-0.15, -0.1) is 0 Å². The van der Waals surface area contributed by atoms with Crippen molar-refractivity contribution in [2.24, 2.45) is 0 Å². The van der Waals surface area contributed by atoms with E-state index < -0.39 is 10.0 Å². The number of benzene rings is 1. The minimum atomic E-state index is -3.14. The van der Waals surface area contributed by atoms with E-state index in [-0.39, 0.29) is 5.75 Å². The SMILES string of the molecule is CN(C)CCCN(C)CCS(=O)(=O)N1CCC(c2ccccc2)CC1. The number of hydrogen-bond donors (Lipinski definition) is 0.